The summed E-state index contributed by atoms with van der Waals surface area (Å²) < 4.78 is 0. The lowest BCUT2D eigenvalue weighted by Crippen LogP contribution is -2.45. The fourth-order valence-corrected chi connectivity index (χ4v) is 5.91. The van der Waals surface area contributed by atoms with Crippen LogP contribution in [0.25, 0.3) is 0 Å². The van der Waals surface area contributed by atoms with Crippen molar-refractivity contribution in [2.45, 2.75) is 36.6 Å². The van der Waals surface area contributed by atoms with Crippen LogP contribution in [0.3, 0.4) is 0 Å². The summed E-state index contributed by atoms with van der Waals surface area (Å²) in [7, 11) is 0. The van der Waals surface area contributed by atoms with E-state index in [0.29, 0.717) is 17.4 Å². The summed E-state index contributed by atoms with van der Waals surface area (Å²) in [4.78, 5) is 34.5. The monoisotopic (exact) mass is 435 g/mol. The van der Waals surface area contributed by atoms with Crippen molar-refractivity contribution < 1.29 is 9.59 Å². The fourth-order valence-electron chi connectivity index (χ4n) is 5.37. The Bertz CT molecular complexity index is 972. The lowest BCUT2D eigenvalue weighted by Gasteiger charge is -2.39. The largest absolute Gasteiger partial charge is 0.342 e. The van der Waals surface area contributed by atoms with E-state index in [1.165, 1.54) is 17.3 Å². The molecule has 1 aromatic heterocycles. The summed E-state index contributed by atoms with van der Waals surface area (Å²) in [6, 6.07) is 14.1. The molecular weight excluding hydrogens is 406 g/mol. The molecule has 1 aliphatic carbocycles. The zero-order valence-corrected chi connectivity index (χ0v) is 18.8. The summed E-state index contributed by atoms with van der Waals surface area (Å²) in [5.74, 6) is 0.982. The van der Waals surface area contributed by atoms with Crippen molar-refractivity contribution in [3.05, 3.63) is 59.8 Å². The summed E-state index contributed by atoms with van der Waals surface area (Å²) in [5.41, 5.74) is 2.18. The number of piperidine rings is 1. The number of pyridine rings is 1. The predicted octanol–water partition coefficient (Wildman–Crippen LogP) is 4.06. The standard InChI is InChI=1S/C25H29N3O2S/c1-31-22-19(8-5-12-26-22)23(29)27-13-9-25(10-14-27)11-15-28(17-25)24(30)21-16-20(21)18-6-3-2-4-7-18/h2-8,12,20-21H,9-11,13-17H2,1H3. The smallest absolute Gasteiger partial charge is 0.256 e. The molecule has 3 fully saturated rings. The van der Waals surface area contributed by atoms with Crippen LogP contribution in [-0.2, 0) is 4.79 Å². The van der Waals surface area contributed by atoms with Crippen LogP contribution in [0.15, 0.2) is 53.7 Å². The molecule has 3 aliphatic rings. The minimum atomic E-state index is 0.0851. The van der Waals surface area contributed by atoms with Crippen LogP contribution in [0, 0.1) is 11.3 Å². The number of aromatic nitrogens is 1. The second-order valence-electron chi connectivity index (χ2n) is 9.22. The van der Waals surface area contributed by atoms with Gasteiger partial charge >= 0.3 is 0 Å². The van der Waals surface area contributed by atoms with Gasteiger partial charge in [-0.15, -0.1) is 11.8 Å². The normalized spacial score (nSPS) is 24.4. The second kappa shape index (κ2) is 8.30. The maximum Gasteiger partial charge on any atom is 0.256 e. The molecule has 0 bridgehead atoms. The zero-order chi connectivity index (χ0) is 21.4. The number of benzene rings is 1. The first-order chi connectivity index (χ1) is 15.1. The Labute approximate surface area is 188 Å². The summed E-state index contributed by atoms with van der Waals surface area (Å²) in [6.07, 6.45) is 7.69. The number of amides is 2. The molecule has 2 amide bonds. The molecule has 31 heavy (non-hydrogen) atoms. The summed E-state index contributed by atoms with van der Waals surface area (Å²) in [5, 5.41) is 0.794. The summed E-state index contributed by atoms with van der Waals surface area (Å²) >= 11 is 1.51. The Balaban J connectivity index is 1.17. The Morgan fingerprint density at radius 1 is 1.00 bits per heavy atom. The van der Waals surface area contributed by atoms with Crippen LogP contribution in [-0.4, -0.2) is 59.0 Å². The molecule has 6 heteroatoms. The van der Waals surface area contributed by atoms with Gasteiger partial charge in [-0.05, 0) is 61.0 Å². The predicted molar refractivity (Wildman–Crippen MR) is 122 cm³/mol. The number of rotatable bonds is 4. The van der Waals surface area contributed by atoms with Crippen LogP contribution in [0.4, 0.5) is 0 Å². The molecular formula is C25H29N3O2S. The van der Waals surface area contributed by atoms with Crippen LogP contribution in [0.2, 0.25) is 0 Å². The number of thioether (sulfide) groups is 1. The molecule has 0 radical (unpaired) electrons. The Morgan fingerprint density at radius 3 is 2.42 bits per heavy atom. The Hall–Kier alpha value is -2.34. The number of likely N-dealkylation sites (tertiary alicyclic amines) is 2. The lowest BCUT2D eigenvalue weighted by atomic mass is 9.77. The minimum absolute atomic E-state index is 0.0851. The van der Waals surface area contributed by atoms with Gasteiger partial charge in [-0.2, -0.15) is 0 Å². The number of hydrogen-bond acceptors (Lipinski definition) is 4. The van der Waals surface area contributed by atoms with Crippen molar-refractivity contribution in [2.24, 2.45) is 11.3 Å². The van der Waals surface area contributed by atoms with E-state index in [1.807, 2.05) is 29.4 Å². The minimum Gasteiger partial charge on any atom is -0.342 e. The molecule has 2 aliphatic heterocycles. The molecule has 3 heterocycles. The van der Waals surface area contributed by atoms with Gasteiger partial charge in [-0.25, -0.2) is 4.98 Å². The van der Waals surface area contributed by atoms with E-state index >= 15 is 0 Å². The molecule has 1 aromatic carbocycles. The number of hydrogen-bond donors (Lipinski definition) is 0. The molecule has 2 aromatic rings. The molecule has 2 unspecified atom stereocenters. The zero-order valence-electron chi connectivity index (χ0n) is 18.0. The van der Waals surface area contributed by atoms with Crippen molar-refractivity contribution in [3.63, 3.8) is 0 Å². The van der Waals surface area contributed by atoms with Gasteiger partial charge in [0.05, 0.1) is 5.56 Å². The maximum atomic E-state index is 13.1. The van der Waals surface area contributed by atoms with Gasteiger partial charge in [0.2, 0.25) is 5.91 Å². The Morgan fingerprint density at radius 2 is 1.71 bits per heavy atom. The van der Waals surface area contributed by atoms with Gasteiger partial charge in [0.25, 0.3) is 5.91 Å². The molecule has 5 rings (SSSR count). The Kier molecular flexibility index (Phi) is 5.51. The molecule has 2 atom stereocenters. The molecule has 1 spiro atoms. The number of carbonyl (C=O) groups is 2. The van der Waals surface area contributed by atoms with E-state index in [9.17, 15) is 9.59 Å². The highest BCUT2D eigenvalue weighted by Crippen LogP contribution is 2.50. The van der Waals surface area contributed by atoms with Crippen molar-refractivity contribution in [3.8, 4) is 0 Å². The second-order valence-corrected chi connectivity index (χ2v) is 10.0. The summed E-state index contributed by atoms with van der Waals surface area (Å²) in [6.45, 7) is 3.25. The van der Waals surface area contributed by atoms with Gasteiger partial charge < -0.3 is 9.80 Å². The van der Waals surface area contributed by atoms with E-state index in [-0.39, 0.29) is 17.2 Å². The number of nitrogens with zero attached hydrogens (tertiary/aromatic N) is 3. The number of carbonyl (C=O) groups excluding carboxylic acids is 2. The van der Waals surface area contributed by atoms with Crippen LogP contribution in [0.1, 0.15) is 47.5 Å². The van der Waals surface area contributed by atoms with Crippen molar-refractivity contribution in [1.82, 2.24) is 14.8 Å². The first-order valence-corrected chi connectivity index (χ1v) is 12.4. The molecule has 5 nitrogen and oxygen atoms in total. The third kappa shape index (κ3) is 3.98. The van der Waals surface area contributed by atoms with Gasteiger partial charge in [0.1, 0.15) is 5.03 Å². The molecule has 2 saturated heterocycles. The van der Waals surface area contributed by atoms with Gasteiger partial charge in [-0.1, -0.05) is 30.3 Å². The quantitative estimate of drug-likeness (QED) is 0.680. The van der Waals surface area contributed by atoms with E-state index in [0.717, 1.165) is 56.9 Å². The topological polar surface area (TPSA) is 53.5 Å². The SMILES string of the molecule is CSc1ncccc1C(=O)N1CCC2(CC1)CCN(C(=O)C1CC1c1ccccc1)C2. The highest BCUT2D eigenvalue weighted by atomic mass is 32.2. The highest BCUT2D eigenvalue weighted by Gasteiger charge is 2.49. The first kappa shape index (κ1) is 20.6. The molecule has 162 valence electrons. The third-order valence-electron chi connectivity index (χ3n) is 7.39. The van der Waals surface area contributed by atoms with Crippen molar-refractivity contribution in [1.29, 1.82) is 0 Å². The fraction of sp³-hybridized carbons (Fsp3) is 0.480. The van der Waals surface area contributed by atoms with Crippen LogP contribution in [0.5, 0.6) is 0 Å². The van der Waals surface area contributed by atoms with Crippen LogP contribution < -0.4 is 0 Å². The molecule has 0 N–H and O–H groups in total. The van der Waals surface area contributed by atoms with Crippen LogP contribution >= 0.6 is 11.8 Å². The first-order valence-electron chi connectivity index (χ1n) is 11.2. The van der Waals surface area contributed by atoms with E-state index in [1.54, 1.807) is 6.20 Å². The van der Waals surface area contributed by atoms with Gasteiger partial charge in [0, 0.05) is 38.3 Å². The van der Waals surface area contributed by atoms with Crippen molar-refractivity contribution >= 4 is 23.6 Å². The highest BCUT2D eigenvalue weighted by molar-refractivity contribution is 7.98. The van der Waals surface area contributed by atoms with E-state index in [4.69, 9.17) is 0 Å². The van der Waals surface area contributed by atoms with E-state index < -0.39 is 0 Å². The van der Waals surface area contributed by atoms with Gasteiger partial charge in [-0.3, -0.25) is 9.59 Å². The van der Waals surface area contributed by atoms with E-state index in [2.05, 4.69) is 34.1 Å². The average Bonchev–Trinajstić information content (AvgIpc) is 3.53. The average molecular weight is 436 g/mol. The van der Waals surface area contributed by atoms with Gasteiger partial charge in [0.15, 0.2) is 0 Å². The van der Waals surface area contributed by atoms with Crippen molar-refractivity contribution in [2.75, 3.05) is 32.4 Å². The third-order valence-corrected chi connectivity index (χ3v) is 8.10. The maximum absolute atomic E-state index is 13.1. The molecule has 1 saturated carbocycles. The lowest BCUT2D eigenvalue weighted by molar-refractivity contribution is -0.132.